The van der Waals surface area contributed by atoms with Crippen molar-refractivity contribution in [2.75, 3.05) is 11.9 Å². The van der Waals surface area contributed by atoms with Gasteiger partial charge in [-0.05, 0) is 42.8 Å². The standard InChI is InChI=1S/C20H16N2O2/c1-3-12-24-19-10-6-16(7-11-19)13-17(14-21)20(23)22-18-8-4-15(2)5-9-18/h1,4-11,13H,12H2,2H3,(H,22,23)/b17-13+. The summed E-state index contributed by atoms with van der Waals surface area (Å²) in [6.07, 6.45) is 6.65. The van der Waals surface area contributed by atoms with Gasteiger partial charge in [-0.25, -0.2) is 0 Å². The summed E-state index contributed by atoms with van der Waals surface area (Å²) in [5, 5.41) is 11.9. The van der Waals surface area contributed by atoms with Gasteiger partial charge >= 0.3 is 0 Å². The lowest BCUT2D eigenvalue weighted by molar-refractivity contribution is -0.112. The fourth-order valence-corrected chi connectivity index (χ4v) is 1.94. The molecule has 4 nitrogen and oxygen atoms in total. The zero-order valence-electron chi connectivity index (χ0n) is 13.2. The van der Waals surface area contributed by atoms with Crippen molar-refractivity contribution in [2.24, 2.45) is 0 Å². The molecule has 0 saturated heterocycles. The van der Waals surface area contributed by atoms with Crippen LogP contribution in [0.5, 0.6) is 5.75 Å². The number of nitriles is 1. The molecule has 0 aliphatic rings. The Morgan fingerprint density at radius 2 is 1.88 bits per heavy atom. The van der Waals surface area contributed by atoms with Gasteiger partial charge < -0.3 is 10.1 Å². The van der Waals surface area contributed by atoms with Crippen molar-refractivity contribution in [3.63, 3.8) is 0 Å². The van der Waals surface area contributed by atoms with E-state index in [0.717, 1.165) is 11.1 Å². The third-order valence-corrected chi connectivity index (χ3v) is 3.19. The van der Waals surface area contributed by atoms with Crippen molar-refractivity contribution in [2.45, 2.75) is 6.92 Å². The van der Waals surface area contributed by atoms with Gasteiger partial charge in [0, 0.05) is 5.69 Å². The SMILES string of the molecule is C#CCOc1ccc(/C=C(\C#N)C(=O)Nc2ccc(C)cc2)cc1. The number of ether oxygens (including phenoxy) is 1. The number of carbonyl (C=O) groups is 1. The van der Waals surface area contributed by atoms with Crippen LogP contribution in [0.2, 0.25) is 0 Å². The molecule has 1 N–H and O–H groups in total. The molecule has 1 amide bonds. The van der Waals surface area contributed by atoms with E-state index < -0.39 is 5.91 Å². The number of anilines is 1. The van der Waals surface area contributed by atoms with E-state index in [9.17, 15) is 10.1 Å². The summed E-state index contributed by atoms with van der Waals surface area (Å²) < 4.78 is 5.28. The van der Waals surface area contributed by atoms with E-state index in [1.54, 1.807) is 36.4 Å². The highest BCUT2D eigenvalue weighted by molar-refractivity contribution is 6.09. The first-order valence-corrected chi connectivity index (χ1v) is 7.28. The number of aryl methyl sites for hydroxylation is 1. The van der Waals surface area contributed by atoms with Crippen LogP contribution in [0.4, 0.5) is 5.69 Å². The van der Waals surface area contributed by atoms with Crippen molar-refractivity contribution >= 4 is 17.7 Å². The Bertz CT molecular complexity index is 820. The molecular formula is C20H16N2O2. The minimum Gasteiger partial charge on any atom is -0.481 e. The lowest BCUT2D eigenvalue weighted by Gasteiger charge is -2.05. The topological polar surface area (TPSA) is 62.1 Å². The number of terminal acetylenes is 1. The van der Waals surface area contributed by atoms with Gasteiger partial charge in [0.2, 0.25) is 0 Å². The Morgan fingerprint density at radius 3 is 2.46 bits per heavy atom. The molecule has 0 heterocycles. The van der Waals surface area contributed by atoms with Crippen molar-refractivity contribution in [3.05, 3.63) is 65.2 Å². The predicted molar refractivity (Wildman–Crippen MR) is 94.2 cm³/mol. The van der Waals surface area contributed by atoms with Crippen LogP contribution in [0.25, 0.3) is 6.08 Å². The van der Waals surface area contributed by atoms with Crippen LogP contribution >= 0.6 is 0 Å². The van der Waals surface area contributed by atoms with Gasteiger partial charge in [-0.2, -0.15) is 5.26 Å². The maximum atomic E-state index is 12.2. The fourth-order valence-electron chi connectivity index (χ4n) is 1.94. The third kappa shape index (κ3) is 4.76. The molecule has 0 aliphatic heterocycles. The Hall–Kier alpha value is -3.50. The summed E-state index contributed by atoms with van der Waals surface area (Å²) in [5.74, 6) is 2.57. The number of amides is 1. The quantitative estimate of drug-likeness (QED) is 0.521. The van der Waals surface area contributed by atoms with Crippen LogP contribution in [0, 0.1) is 30.6 Å². The second-order valence-corrected chi connectivity index (χ2v) is 5.05. The van der Waals surface area contributed by atoms with Crippen LogP contribution in [0.3, 0.4) is 0 Å². The smallest absolute Gasteiger partial charge is 0.266 e. The third-order valence-electron chi connectivity index (χ3n) is 3.19. The zero-order valence-corrected chi connectivity index (χ0v) is 13.2. The van der Waals surface area contributed by atoms with Gasteiger partial charge in [-0.15, -0.1) is 6.42 Å². The summed E-state index contributed by atoms with van der Waals surface area (Å²) in [4.78, 5) is 12.2. The molecule has 2 rings (SSSR count). The molecule has 0 aromatic heterocycles. The molecule has 0 radical (unpaired) electrons. The molecule has 0 aliphatic carbocycles. The number of nitrogens with zero attached hydrogens (tertiary/aromatic N) is 1. The molecule has 2 aromatic carbocycles. The number of nitrogens with one attached hydrogen (secondary N) is 1. The molecule has 0 atom stereocenters. The number of rotatable bonds is 5. The van der Waals surface area contributed by atoms with Crippen LogP contribution in [-0.4, -0.2) is 12.5 Å². The maximum Gasteiger partial charge on any atom is 0.266 e. The molecule has 0 saturated carbocycles. The Kier molecular flexibility index (Phi) is 5.77. The molecule has 0 bridgehead atoms. The number of hydrogen-bond donors (Lipinski definition) is 1. The second kappa shape index (κ2) is 8.22. The van der Waals surface area contributed by atoms with E-state index in [2.05, 4.69) is 11.2 Å². The van der Waals surface area contributed by atoms with Gasteiger partial charge in [0.15, 0.2) is 0 Å². The lowest BCUT2D eigenvalue weighted by Crippen LogP contribution is -2.13. The molecule has 0 spiro atoms. The second-order valence-electron chi connectivity index (χ2n) is 5.05. The van der Waals surface area contributed by atoms with Gasteiger partial charge in [-0.1, -0.05) is 35.7 Å². The van der Waals surface area contributed by atoms with Crippen LogP contribution in [0.15, 0.2) is 54.1 Å². The molecule has 118 valence electrons. The summed E-state index contributed by atoms with van der Waals surface area (Å²) in [5.41, 5.74) is 2.48. The number of benzene rings is 2. The first-order chi connectivity index (χ1) is 11.6. The molecular weight excluding hydrogens is 300 g/mol. The maximum absolute atomic E-state index is 12.2. The molecule has 4 heteroatoms. The average Bonchev–Trinajstić information content (AvgIpc) is 2.60. The van der Waals surface area contributed by atoms with E-state index in [1.807, 2.05) is 25.1 Å². The van der Waals surface area contributed by atoms with E-state index in [0.29, 0.717) is 11.4 Å². The highest BCUT2D eigenvalue weighted by Gasteiger charge is 2.09. The summed E-state index contributed by atoms with van der Waals surface area (Å²) >= 11 is 0. The van der Waals surface area contributed by atoms with Crippen molar-refractivity contribution in [1.29, 1.82) is 5.26 Å². The minimum atomic E-state index is -0.450. The summed E-state index contributed by atoms with van der Waals surface area (Å²) in [6.45, 7) is 2.15. The Morgan fingerprint density at radius 1 is 1.21 bits per heavy atom. The predicted octanol–water partition coefficient (Wildman–Crippen LogP) is 3.55. The van der Waals surface area contributed by atoms with Crippen molar-refractivity contribution in [3.8, 4) is 24.2 Å². The van der Waals surface area contributed by atoms with Crippen molar-refractivity contribution in [1.82, 2.24) is 0 Å². The largest absolute Gasteiger partial charge is 0.481 e. The first kappa shape index (κ1) is 16.9. The molecule has 24 heavy (non-hydrogen) atoms. The Balaban J connectivity index is 2.10. The monoisotopic (exact) mass is 316 g/mol. The van der Waals surface area contributed by atoms with E-state index in [1.165, 1.54) is 6.08 Å². The van der Waals surface area contributed by atoms with Crippen LogP contribution < -0.4 is 10.1 Å². The minimum absolute atomic E-state index is 0.0212. The lowest BCUT2D eigenvalue weighted by atomic mass is 10.1. The average molecular weight is 316 g/mol. The van der Waals surface area contributed by atoms with Gasteiger partial charge in [0.1, 0.15) is 24.0 Å². The van der Waals surface area contributed by atoms with E-state index >= 15 is 0 Å². The van der Waals surface area contributed by atoms with Gasteiger partial charge in [0.05, 0.1) is 0 Å². The van der Waals surface area contributed by atoms with E-state index in [4.69, 9.17) is 11.2 Å². The van der Waals surface area contributed by atoms with Crippen LogP contribution in [0.1, 0.15) is 11.1 Å². The number of hydrogen-bond acceptors (Lipinski definition) is 3. The number of carbonyl (C=O) groups excluding carboxylic acids is 1. The molecule has 0 unspecified atom stereocenters. The summed E-state index contributed by atoms with van der Waals surface area (Å²) in [7, 11) is 0. The Labute approximate surface area is 141 Å². The molecule has 2 aromatic rings. The van der Waals surface area contributed by atoms with Crippen LogP contribution in [-0.2, 0) is 4.79 Å². The fraction of sp³-hybridized carbons (Fsp3) is 0.100. The normalized spacial score (nSPS) is 10.4. The zero-order chi connectivity index (χ0) is 17.4. The summed E-state index contributed by atoms with van der Waals surface area (Å²) in [6, 6.07) is 16.3. The first-order valence-electron chi connectivity index (χ1n) is 7.28. The van der Waals surface area contributed by atoms with E-state index in [-0.39, 0.29) is 12.2 Å². The highest BCUT2D eigenvalue weighted by Crippen LogP contribution is 2.16. The van der Waals surface area contributed by atoms with Gasteiger partial charge in [-0.3, -0.25) is 4.79 Å². The molecule has 0 fully saturated rings. The van der Waals surface area contributed by atoms with Gasteiger partial charge in [0.25, 0.3) is 5.91 Å². The van der Waals surface area contributed by atoms with Crippen molar-refractivity contribution < 1.29 is 9.53 Å². The highest BCUT2D eigenvalue weighted by atomic mass is 16.5.